The fourth-order valence-corrected chi connectivity index (χ4v) is 5.85. The van der Waals surface area contributed by atoms with E-state index in [0.29, 0.717) is 18.3 Å². The summed E-state index contributed by atoms with van der Waals surface area (Å²) in [5.74, 6) is 2.22. The number of carbonyl (C=O) groups is 1. The van der Waals surface area contributed by atoms with Crippen LogP contribution in [0.15, 0.2) is 53.7 Å². The molecule has 0 saturated heterocycles. The van der Waals surface area contributed by atoms with Crippen molar-refractivity contribution in [3.63, 3.8) is 0 Å². The summed E-state index contributed by atoms with van der Waals surface area (Å²) in [5.41, 5.74) is 3.27. The lowest BCUT2D eigenvalue weighted by Crippen LogP contribution is -2.30. The van der Waals surface area contributed by atoms with Crippen LogP contribution in [0.2, 0.25) is 0 Å². The summed E-state index contributed by atoms with van der Waals surface area (Å²) in [4.78, 5) is 15.0. The molecule has 0 bridgehead atoms. The molecule has 1 aliphatic heterocycles. The van der Waals surface area contributed by atoms with Gasteiger partial charge in [0, 0.05) is 30.0 Å². The molecule has 2 heterocycles. The third kappa shape index (κ3) is 4.92. The van der Waals surface area contributed by atoms with E-state index in [1.165, 1.54) is 36.6 Å². The quantitative estimate of drug-likeness (QED) is 0.456. The molecule has 3 aromatic rings. The number of rotatable bonds is 8. The van der Waals surface area contributed by atoms with Gasteiger partial charge in [-0.1, -0.05) is 55.3 Å². The van der Waals surface area contributed by atoms with Crippen molar-refractivity contribution in [3.8, 4) is 5.75 Å². The third-order valence-electron chi connectivity index (χ3n) is 6.71. The van der Waals surface area contributed by atoms with Gasteiger partial charge < -0.3 is 19.5 Å². The molecule has 1 aliphatic carbocycles. The summed E-state index contributed by atoms with van der Waals surface area (Å²) in [6.45, 7) is 1.33. The fraction of sp³-hybridized carbons (Fsp3) is 0.423. The van der Waals surface area contributed by atoms with E-state index in [0.717, 1.165) is 53.9 Å². The number of anilines is 2. The maximum Gasteiger partial charge on any atom is 0.237 e. The Morgan fingerprint density at radius 1 is 1.12 bits per heavy atom. The van der Waals surface area contributed by atoms with Crippen molar-refractivity contribution in [1.82, 2.24) is 14.8 Å². The number of para-hydroxylation sites is 1. The summed E-state index contributed by atoms with van der Waals surface area (Å²) in [7, 11) is 1.67. The molecule has 178 valence electrons. The lowest BCUT2D eigenvalue weighted by molar-refractivity contribution is -0.116. The van der Waals surface area contributed by atoms with Crippen molar-refractivity contribution in [3.05, 3.63) is 59.9 Å². The highest BCUT2D eigenvalue weighted by Gasteiger charge is 2.27. The van der Waals surface area contributed by atoms with E-state index in [1.807, 2.05) is 47.4 Å². The van der Waals surface area contributed by atoms with Crippen molar-refractivity contribution in [2.75, 3.05) is 29.6 Å². The van der Waals surface area contributed by atoms with Crippen molar-refractivity contribution in [2.45, 2.75) is 56.3 Å². The van der Waals surface area contributed by atoms with Gasteiger partial charge in [-0.15, -0.1) is 10.2 Å². The number of benzene rings is 2. The molecular formula is C26H31N5O2S. The normalized spacial score (nSPS) is 15.9. The first-order valence-electron chi connectivity index (χ1n) is 12.1. The molecule has 1 fully saturated rings. The molecule has 2 aliphatic rings. The number of nitrogens with zero attached hydrogens (tertiary/aromatic N) is 4. The zero-order chi connectivity index (χ0) is 23.3. The van der Waals surface area contributed by atoms with Gasteiger partial charge in [0.15, 0.2) is 11.0 Å². The Balaban J connectivity index is 1.30. The number of carbonyl (C=O) groups excluding carboxylic acids is 1. The Labute approximate surface area is 204 Å². The molecule has 2 aromatic carbocycles. The lowest BCUT2D eigenvalue weighted by atomic mass is 9.95. The summed E-state index contributed by atoms with van der Waals surface area (Å²) in [5, 5.41) is 13.4. The van der Waals surface area contributed by atoms with Crippen molar-refractivity contribution in [1.29, 1.82) is 0 Å². The van der Waals surface area contributed by atoms with Crippen molar-refractivity contribution in [2.24, 2.45) is 0 Å². The number of hydrogen-bond donors (Lipinski definition) is 1. The van der Waals surface area contributed by atoms with E-state index in [2.05, 4.69) is 26.1 Å². The largest absolute Gasteiger partial charge is 0.497 e. The molecule has 0 spiro atoms. The summed E-state index contributed by atoms with van der Waals surface area (Å²) >= 11 is 1.51. The van der Waals surface area contributed by atoms with Crippen LogP contribution in [0.25, 0.3) is 0 Å². The van der Waals surface area contributed by atoms with Gasteiger partial charge in [-0.2, -0.15) is 0 Å². The highest BCUT2D eigenvalue weighted by atomic mass is 32.2. The van der Waals surface area contributed by atoms with Crippen LogP contribution in [0.5, 0.6) is 5.75 Å². The number of amides is 1. The van der Waals surface area contributed by atoms with Crippen molar-refractivity contribution >= 4 is 29.0 Å². The van der Waals surface area contributed by atoms with E-state index in [9.17, 15) is 4.79 Å². The number of ether oxygens (including phenoxy) is 1. The van der Waals surface area contributed by atoms with Gasteiger partial charge in [-0.25, -0.2) is 0 Å². The zero-order valence-corrected chi connectivity index (χ0v) is 20.4. The third-order valence-corrected chi connectivity index (χ3v) is 7.64. The molecular weight excluding hydrogens is 446 g/mol. The molecule has 7 nitrogen and oxygen atoms in total. The van der Waals surface area contributed by atoms with Crippen LogP contribution in [0, 0.1) is 0 Å². The van der Waals surface area contributed by atoms with Crippen LogP contribution in [0.3, 0.4) is 0 Å². The first-order valence-corrected chi connectivity index (χ1v) is 13.0. The second kappa shape index (κ2) is 10.5. The Morgan fingerprint density at radius 3 is 2.82 bits per heavy atom. The molecule has 8 heteroatoms. The minimum absolute atomic E-state index is 0.129. The molecule has 1 aromatic heterocycles. The number of fused-ring (bicyclic) bond motifs is 1. The number of hydrogen-bond acceptors (Lipinski definition) is 6. The maximum absolute atomic E-state index is 13.1. The van der Waals surface area contributed by atoms with Crippen LogP contribution in [-0.2, 0) is 17.8 Å². The van der Waals surface area contributed by atoms with Gasteiger partial charge in [-0.3, -0.25) is 4.79 Å². The molecule has 0 radical (unpaired) electrons. The average Bonchev–Trinajstić information content (AvgIpc) is 3.51. The van der Waals surface area contributed by atoms with Gasteiger partial charge in [-0.05, 0) is 43.0 Å². The van der Waals surface area contributed by atoms with Gasteiger partial charge >= 0.3 is 0 Å². The maximum atomic E-state index is 13.1. The zero-order valence-electron chi connectivity index (χ0n) is 19.6. The fourth-order valence-electron chi connectivity index (χ4n) is 4.95. The molecule has 1 amide bonds. The second-order valence-corrected chi connectivity index (χ2v) is 9.80. The Morgan fingerprint density at radius 2 is 1.97 bits per heavy atom. The highest BCUT2D eigenvalue weighted by Crippen LogP contribution is 2.34. The molecule has 1 N–H and O–H groups in total. The Hall–Kier alpha value is -3.00. The summed E-state index contributed by atoms with van der Waals surface area (Å²) in [6.07, 6.45) is 6.91. The number of aromatic nitrogens is 3. The smallest absolute Gasteiger partial charge is 0.237 e. The molecule has 34 heavy (non-hydrogen) atoms. The minimum Gasteiger partial charge on any atom is -0.497 e. The molecule has 0 atom stereocenters. The molecule has 0 unspecified atom stereocenters. The first kappa shape index (κ1) is 22.8. The topological polar surface area (TPSA) is 72.3 Å². The minimum atomic E-state index is 0.129. The van der Waals surface area contributed by atoms with Crippen LogP contribution < -0.4 is 15.0 Å². The highest BCUT2D eigenvalue weighted by molar-refractivity contribution is 7.99. The first-order chi connectivity index (χ1) is 16.7. The Kier molecular flexibility index (Phi) is 7.04. The van der Waals surface area contributed by atoms with E-state index < -0.39 is 0 Å². The molecule has 1 saturated carbocycles. The van der Waals surface area contributed by atoms with Crippen LogP contribution in [0.1, 0.15) is 49.5 Å². The summed E-state index contributed by atoms with van der Waals surface area (Å²) in [6, 6.07) is 16.5. The van der Waals surface area contributed by atoms with Crippen LogP contribution in [-0.4, -0.2) is 40.1 Å². The number of nitrogens with one attached hydrogen (secondary N) is 1. The number of methoxy groups -OCH3 is 1. The van der Waals surface area contributed by atoms with Crippen LogP contribution in [0.4, 0.5) is 11.4 Å². The predicted molar refractivity (Wildman–Crippen MR) is 136 cm³/mol. The Bertz CT molecular complexity index is 1140. The monoisotopic (exact) mass is 477 g/mol. The van der Waals surface area contributed by atoms with Gasteiger partial charge in [0.25, 0.3) is 0 Å². The van der Waals surface area contributed by atoms with Gasteiger partial charge in [0.2, 0.25) is 5.91 Å². The van der Waals surface area contributed by atoms with Crippen molar-refractivity contribution < 1.29 is 9.53 Å². The van der Waals surface area contributed by atoms with Gasteiger partial charge in [0.05, 0.1) is 19.4 Å². The van der Waals surface area contributed by atoms with E-state index in [4.69, 9.17) is 4.74 Å². The lowest BCUT2D eigenvalue weighted by Gasteiger charge is -2.26. The van der Waals surface area contributed by atoms with Crippen LogP contribution >= 0.6 is 11.8 Å². The average molecular weight is 478 g/mol. The second-order valence-electron chi connectivity index (χ2n) is 8.86. The predicted octanol–water partition coefficient (Wildman–Crippen LogP) is 5.09. The van der Waals surface area contributed by atoms with E-state index in [1.54, 1.807) is 7.11 Å². The SMILES string of the molecule is COc1cccc(NCc2nnc(SCC(=O)N3CCc4ccccc43)n2C2CCCCC2)c1. The molecule has 5 rings (SSSR count). The standard InChI is InChI=1S/C26H31N5O2S/c1-33-22-12-7-9-20(16-22)27-17-24-28-29-26(31(24)21-10-3-2-4-11-21)34-18-25(32)30-15-14-19-8-5-6-13-23(19)30/h5-9,12-13,16,21,27H,2-4,10-11,14-15,17-18H2,1H3. The van der Waals surface area contributed by atoms with E-state index >= 15 is 0 Å². The van der Waals surface area contributed by atoms with E-state index in [-0.39, 0.29) is 5.91 Å². The van der Waals surface area contributed by atoms with Gasteiger partial charge in [0.1, 0.15) is 5.75 Å². The summed E-state index contributed by atoms with van der Waals surface area (Å²) < 4.78 is 7.62. The number of thioether (sulfide) groups is 1.